The van der Waals surface area contributed by atoms with E-state index in [1.807, 2.05) is 30.3 Å². The predicted octanol–water partition coefficient (Wildman–Crippen LogP) is 8.60. The Hall–Kier alpha value is -3.29. The number of nitrogens with one attached hydrogen (secondary N) is 2. The summed E-state index contributed by atoms with van der Waals surface area (Å²) >= 11 is 0. The molecule has 3 aromatic rings. The van der Waals surface area contributed by atoms with Crippen molar-refractivity contribution in [1.29, 1.82) is 0 Å². The number of aromatic nitrogens is 2. The van der Waals surface area contributed by atoms with Crippen molar-refractivity contribution >= 4 is 23.1 Å². The zero-order chi connectivity index (χ0) is 25.4. The summed E-state index contributed by atoms with van der Waals surface area (Å²) < 4.78 is 46.8. The molecule has 0 radical (unpaired) electrons. The third kappa shape index (κ3) is 7.12. The smallest absolute Gasteiger partial charge is 0.421 e. The molecule has 2 aromatic carbocycles. The van der Waals surface area contributed by atoms with Crippen molar-refractivity contribution in [2.75, 3.05) is 17.2 Å². The molecule has 2 N–H and O–H groups in total. The first-order chi connectivity index (χ1) is 17.4. The van der Waals surface area contributed by atoms with Gasteiger partial charge in [-0.05, 0) is 67.1 Å². The molecule has 1 fully saturated rings. The third-order valence-corrected chi connectivity index (χ3v) is 6.45. The minimum Gasteiger partial charge on any atom is -0.494 e. The van der Waals surface area contributed by atoms with E-state index < -0.39 is 11.7 Å². The van der Waals surface area contributed by atoms with Crippen molar-refractivity contribution in [2.45, 2.75) is 70.4 Å². The minimum atomic E-state index is -4.58. The highest BCUT2D eigenvalue weighted by Gasteiger charge is 2.35. The minimum absolute atomic E-state index is 0.0747. The molecule has 0 spiro atoms. The fourth-order valence-electron chi connectivity index (χ4n) is 4.49. The van der Waals surface area contributed by atoms with E-state index in [-0.39, 0.29) is 11.8 Å². The highest BCUT2D eigenvalue weighted by molar-refractivity contribution is 5.63. The molecule has 4 rings (SSSR count). The van der Waals surface area contributed by atoms with Crippen LogP contribution >= 0.6 is 0 Å². The molecule has 1 heterocycles. The van der Waals surface area contributed by atoms with Crippen molar-refractivity contribution in [3.05, 3.63) is 65.9 Å². The van der Waals surface area contributed by atoms with E-state index in [4.69, 9.17) is 4.74 Å². The Bertz CT molecular complexity index is 1110. The summed E-state index contributed by atoms with van der Waals surface area (Å²) in [5.41, 5.74) is 1.47. The van der Waals surface area contributed by atoms with Gasteiger partial charge >= 0.3 is 6.18 Å². The van der Waals surface area contributed by atoms with Crippen molar-refractivity contribution < 1.29 is 17.9 Å². The molecule has 1 aliphatic carbocycles. The quantitative estimate of drug-likeness (QED) is 0.259. The van der Waals surface area contributed by atoms with Crippen LogP contribution in [0.2, 0.25) is 0 Å². The summed E-state index contributed by atoms with van der Waals surface area (Å²) in [7, 11) is 0. The van der Waals surface area contributed by atoms with Crippen molar-refractivity contribution in [1.82, 2.24) is 9.97 Å². The Kier molecular flexibility index (Phi) is 8.67. The topological polar surface area (TPSA) is 59.1 Å². The third-order valence-electron chi connectivity index (χ3n) is 6.45. The lowest BCUT2D eigenvalue weighted by molar-refractivity contribution is -0.137. The van der Waals surface area contributed by atoms with Crippen LogP contribution < -0.4 is 15.4 Å². The molecule has 0 unspecified atom stereocenters. The van der Waals surface area contributed by atoms with E-state index in [0.717, 1.165) is 43.2 Å². The monoisotopic (exact) mass is 498 g/mol. The number of unbranched alkanes of at least 4 members (excludes halogenated alkanes) is 3. The number of alkyl halides is 3. The Morgan fingerprint density at radius 1 is 0.944 bits per heavy atom. The maximum atomic E-state index is 13.7. The highest BCUT2D eigenvalue weighted by Crippen LogP contribution is 2.37. The van der Waals surface area contributed by atoms with Crippen molar-refractivity contribution in [2.24, 2.45) is 0 Å². The van der Waals surface area contributed by atoms with E-state index >= 15 is 0 Å². The molecule has 0 atom stereocenters. The highest BCUT2D eigenvalue weighted by atomic mass is 19.4. The van der Waals surface area contributed by atoms with Gasteiger partial charge in [0, 0.05) is 17.6 Å². The number of hydrogen-bond donors (Lipinski definition) is 2. The Labute approximate surface area is 210 Å². The molecule has 5 nitrogen and oxygen atoms in total. The molecule has 192 valence electrons. The van der Waals surface area contributed by atoms with Gasteiger partial charge in [0.25, 0.3) is 0 Å². The Morgan fingerprint density at radius 2 is 1.72 bits per heavy atom. The molecule has 8 heteroatoms. The van der Waals surface area contributed by atoms with Gasteiger partial charge in [-0.2, -0.15) is 18.2 Å². The second-order valence-electron chi connectivity index (χ2n) is 9.24. The van der Waals surface area contributed by atoms with E-state index in [2.05, 4.69) is 27.5 Å². The van der Waals surface area contributed by atoms with Gasteiger partial charge in [0.05, 0.1) is 6.61 Å². The molecule has 1 aliphatic rings. The summed E-state index contributed by atoms with van der Waals surface area (Å²) in [5.74, 6) is 0.996. The SMILES string of the molecule is CCCCCCOc1ccc(Nc2ncc(C(F)(F)F)c(Nc3cccc(C4CCCC4)c3)n2)cc1. The van der Waals surface area contributed by atoms with Gasteiger partial charge in [0.15, 0.2) is 0 Å². The van der Waals surface area contributed by atoms with E-state index in [1.54, 1.807) is 18.2 Å². The maximum Gasteiger partial charge on any atom is 0.421 e. The van der Waals surface area contributed by atoms with Crippen LogP contribution in [-0.2, 0) is 6.18 Å². The second-order valence-corrected chi connectivity index (χ2v) is 9.24. The molecule has 36 heavy (non-hydrogen) atoms. The van der Waals surface area contributed by atoms with Crippen LogP contribution in [0.15, 0.2) is 54.7 Å². The predicted molar refractivity (Wildman–Crippen MR) is 137 cm³/mol. The molecular formula is C28H33F3N4O. The van der Waals surface area contributed by atoms with Crippen molar-refractivity contribution in [3.63, 3.8) is 0 Å². The molecule has 1 saturated carbocycles. The Balaban J connectivity index is 1.46. The number of anilines is 4. The Morgan fingerprint density at radius 3 is 2.44 bits per heavy atom. The number of halogens is 3. The van der Waals surface area contributed by atoms with Gasteiger partial charge in [-0.3, -0.25) is 0 Å². The normalized spacial score (nSPS) is 14.1. The number of benzene rings is 2. The lowest BCUT2D eigenvalue weighted by atomic mass is 9.97. The van der Waals surface area contributed by atoms with Crippen LogP contribution in [-0.4, -0.2) is 16.6 Å². The maximum absolute atomic E-state index is 13.7. The summed E-state index contributed by atoms with van der Waals surface area (Å²) in [4.78, 5) is 8.08. The average Bonchev–Trinajstić information content (AvgIpc) is 3.40. The fraction of sp³-hybridized carbons (Fsp3) is 0.429. The molecule has 0 amide bonds. The molecule has 1 aromatic heterocycles. The lowest BCUT2D eigenvalue weighted by Crippen LogP contribution is -2.12. The summed E-state index contributed by atoms with van der Waals surface area (Å²) in [5, 5.41) is 5.88. The number of nitrogens with zero attached hydrogens (tertiary/aromatic N) is 2. The van der Waals surface area contributed by atoms with E-state index in [1.165, 1.54) is 25.7 Å². The van der Waals surface area contributed by atoms with Crippen LogP contribution in [0, 0.1) is 0 Å². The summed E-state index contributed by atoms with van der Waals surface area (Å²) in [6.07, 6.45) is 5.35. The summed E-state index contributed by atoms with van der Waals surface area (Å²) in [6.45, 7) is 2.83. The first-order valence-corrected chi connectivity index (χ1v) is 12.7. The van der Waals surface area contributed by atoms with Crippen molar-refractivity contribution in [3.8, 4) is 5.75 Å². The number of hydrogen-bond acceptors (Lipinski definition) is 5. The first kappa shape index (κ1) is 25.8. The van der Waals surface area contributed by atoms with Crippen LogP contribution in [0.4, 0.5) is 36.3 Å². The van der Waals surface area contributed by atoms with E-state index in [9.17, 15) is 13.2 Å². The van der Waals surface area contributed by atoms with Crippen LogP contribution in [0.5, 0.6) is 5.75 Å². The lowest BCUT2D eigenvalue weighted by Gasteiger charge is -2.16. The van der Waals surface area contributed by atoms with Crippen LogP contribution in [0.1, 0.15) is 75.3 Å². The summed E-state index contributed by atoms with van der Waals surface area (Å²) in [6, 6.07) is 14.8. The number of ether oxygens (including phenoxy) is 1. The second kappa shape index (κ2) is 12.1. The average molecular weight is 499 g/mol. The van der Waals surface area contributed by atoms with Gasteiger partial charge in [0.2, 0.25) is 5.95 Å². The fourth-order valence-corrected chi connectivity index (χ4v) is 4.49. The molecule has 0 saturated heterocycles. The van der Waals surface area contributed by atoms with Gasteiger partial charge in [-0.25, -0.2) is 4.98 Å². The zero-order valence-electron chi connectivity index (χ0n) is 20.6. The van der Waals surface area contributed by atoms with E-state index in [0.29, 0.717) is 23.9 Å². The molecule has 0 aliphatic heterocycles. The number of rotatable bonds is 11. The zero-order valence-corrected chi connectivity index (χ0v) is 20.6. The van der Waals surface area contributed by atoms with Gasteiger partial charge in [-0.1, -0.05) is 51.2 Å². The van der Waals surface area contributed by atoms with Gasteiger partial charge in [0.1, 0.15) is 17.1 Å². The largest absolute Gasteiger partial charge is 0.494 e. The first-order valence-electron chi connectivity index (χ1n) is 12.7. The standard InChI is InChI=1S/C28H33F3N4O/c1-2-3-4-7-17-36-24-15-13-22(14-16-24)34-27-32-19-25(28(29,30)31)26(35-27)33-23-12-8-11-21(18-23)20-9-5-6-10-20/h8,11-16,18-20H,2-7,9-10,17H2,1H3,(H2,32,33,34,35). The molecule has 0 bridgehead atoms. The molecular weight excluding hydrogens is 465 g/mol. The van der Waals surface area contributed by atoms with Crippen LogP contribution in [0.3, 0.4) is 0 Å². The van der Waals surface area contributed by atoms with Gasteiger partial charge in [-0.15, -0.1) is 0 Å². The van der Waals surface area contributed by atoms with Crippen LogP contribution in [0.25, 0.3) is 0 Å². The van der Waals surface area contributed by atoms with Gasteiger partial charge < -0.3 is 15.4 Å².